The molecule has 5 heteroatoms. The Labute approximate surface area is 78.0 Å². The summed E-state index contributed by atoms with van der Waals surface area (Å²) in [6.45, 7) is 0. The standard InChI is InChI=1S/C8H13NO3S/c1-12-7-4-3-5-8(9,6-7)13(2,10)11/h3-4,6H,5,9H2,1-2H3. The maximum atomic E-state index is 11.3. The molecule has 0 aromatic carbocycles. The third-order valence-corrected chi connectivity index (χ3v) is 3.70. The lowest BCUT2D eigenvalue weighted by molar-refractivity contribution is 0.300. The maximum absolute atomic E-state index is 11.3. The first kappa shape index (κ1) is 10.3. The van der Waals surface area contributed by atoms with Crippen LogP contribution in [0.5, 0.6) is 0 Å². The van der Waals surface area contributed by atoms with Gasteiger partial charge in [0, 0.05) is 12.7 Å². The van der Waals surface area contributed by atoms with Crippen LogP contribution in [0.3, 0.4) is 0 Å². The van der Waals surface area contributed by atoms with Crippen molar-refractivity contribution in [1.82, 2.24) is 0 Å². The number of hydrogen-bond acceptors (Lipinski definition) is 4. The molecule has 0 bridgehead atoms. The molecule has 2 N–H and O–H groups in total. The fraction of sp³-hybridized carbons (Fsp3) is 0.500. The van der Waals surface area contributed by atoms with Crippen LogP contribution in [0.4, 0.5) is 0 Å². The van der Waals surface area contributed by atoms with Crippen LogP contribution in [0.15, 0.2) is 24.0 Å². The predicted molar refractivity (Wildman–Crippen MR) is 50.6 cm³/mol. The van der Waals surface area contributed by atoms with E-state index in [0.717, 1.165) is 6.26 Å². The lowest BCUT2D eigenvalue weighted by Crippen LogP contribution is -2.46. The molecule has 4 nitrogen and oxygen atoms in total. The van der Waals surface area contributed by atoms with E-state index in [1.165, 1.54) is 13.2 Å². The Hall–Kier alpha value is -0.810. The molecular formula is C8H13NO3S. The molecule has 0 spiro atoms. The highest BCUT2D eigenvalue weighted by Crippen LogP contribution is 2.23. The second-order valence-electron chi connectivity index (χ2n) is 3.08. The van der Waals surface area contributed by atoms with Crippen LogP contribution < -0.4 is 5.73 Å². The molecule has 1 aliphatic carbocycles. The van der Waals surface area contributed by atoms with Crippen LogP contribution >= 0.6 is 0 Å². The van der Waals surface area contributed by atoms with Gasteiger partial charge in [0.15, 0.2) is 9.84 Å². The van der Waals surface area contributed by atoms with Crippen LogP contribution in [-0.4, -0.2) is 26.7 Å². The molecule has 74 valence electrons. The van der Waals surface area contributed by atoms with Gasteiger partial charge in [-0.2, -0.15) is 0 Å². The van der Waals surface area contributed by atoms with Crippen molar-refractivity contribution >= 4 is 9.84 Å². The summed E-state index contributed by atoms with van der Waals surface area (Å²) in [5.74, 6) is 0.485. The second kappa shape index (κ2) is 3.16. The molecular weight excluding hydrogens is 190 g/mol. The fourth-order valence-corrected chi connectivity index (χ4v) is 1.82. The highest BCUT2D eigenvalue weighted by molar-refractivity contribution is 7.92. The van der Waals surface area contributed by atoms with Gasteiger partial charge in [0.2, 0.25) is 0 Å². The van der Waals surface area contributed by atoms with E-state index >= 15 is 0 Å². The molecule has 1 aliphatic rings. The highest BCUT2D eigenvalue weighted by Gasteiger charge is 2.35. The number of ether oxygens (including phenoxy) is 1. The predicted octanol–water partition coefficient (Wildman–Crippen LogP) is 0.176. The van der Waals surface area contributed by atoms with Gasteiger partial charge in [0.05, 0.1) is 7.11 Å². The van der Waals surface area contributed by atoms with Crippen molar-refractivity contribution < 1.29 is 13.2 Å². The third-order valence-electron chi connectivity index (χ3n) is 2.03. The molecule has 0 heterocycles. The number of allylic oxidation sites excluding steroid dienone is 1. The van der Waals surface area contributed by atoms with Crippen LogP contribution in [0.25, 0.3) is 0 Å². The van der Waals surface area contributed by atoms with E-state index < -0.39 is 14.7 Å². The van der Waals surface area contributed by atoms with Gasteiger partial charge >= 0.3 is 0 Å². The Bertz CT molecular complexity index is 356. The lowest BCUT2D eigenvalue weighted by Gasteiger charge is -2.25. The lowest BCUT2D eigenvalue weighted by atomic mass is 10.1. The van der Waals surface area contributed by atoms with Crippen LogP contribution in [0.2, 0.25) is 0 Å². The topological polar surface area (TPSA) is 69.4 Å². The minimum absolute atomic E-state index is 0.290. The Morgan fingerprint density at radius 1 is 1.62 bits per heavy atom. The molecule has 13 heavy (non-hydrogen) atoms. The number of methoxy groups -OCH3 is 1. The average Bonchev–Trinajstić information content (AvgIpc) is 2.02. The highest BCUT2D eigenvalue weighted by atomic mass is 32.2. The molecule has 0 aromatic rings. The quantitative estimate of drug-likeness (QED) is 0.695. The molecule has 1 rings (SSSR count). The normalized spacial score (nSPS) is 28.4. The maximum Gasteiger partial charge on any atom is 0.170 e. The smallest absolute Gasteiger partial charge is 0.170 e. The zero-order valence-corrected chi connectivity index (χ0v) is 8.47. The van der Waals surface area contributed by atoms with Gasteiger partial charge in [0.25, 0.3) is 0 Å². The van der Waals surface area contributed by atoms with Gasteiger partial charge < -0.3 is 10.5 Å². The van der Waals surface area contributed by atoms with Gasteiger partial charge in [-0.3, -0.25) is 0 Å². The summed E-state index contributed by atoms with van der Waals surface area (Å²) in [6.07, 6.45) is 6.24. The molecule has 0 fully saturated rings. The van der Waals surface area contributed by atoms with Gasteiger partial charge in [-0.25, -0.2) is 8.42 Å². The molecule has 1 unspecified atom stereocenters. The molecule has 0 radical (unpaired) electrons. The summed E-state index contributed by atoms with van der Waals surface area (Å²) in [4.78, 5) is -1.31. The van der Waals surface area contributed by atoms with Crippen molar-refractivity contribution in [1.29, 1.82) is 0 Å². The van der Waals surface area contributed by atoms with Crippen molar-refractivity contribution in [3.63, 3.8) is 0 Å². The van der Waals surface area contributed by atoms with E-state index in [-0.39, 0.29) is 0 Å². The van der Waals surface area contributed by atoms with Gasteiger partial charge in [-0.1, -0.05) is 6.08 Å². The summed E-state index contributed by atoms with van der Waals surface area (Å²) in [6, 6.07) is 0. The van der Waals surface area contributed by atoms with Gasteiger partial charge in [0.1, 0.15) is 10.6 Å². The molecule has 0 aromatic heterocycles. The van der Waals surface area contributed by atoms with Crippen molar-refractivity contribution in [2.24, 2.45) is 5.73 Å². The summed E-state index contributed by atoms with van der Waals surface area (Å²) in [7, 11) is -1.82. The van der Waals surface area contributed by atoms with E-state index in [1.54, 1.807) is 12.2 Å². The van der Waals surface area contributed by atoms with Crippen molar-refractivity contribution in [3.8, 4) is 0 Å². The van der Waals surface area contributed by atoms with E-state index in [1.807, 2.05) is 0 Å². The minimum atomic E-state index is -3.30. The zero-order valence-electron chi connectivity index (χ0n) is 7.65. The zero-order chi connectivity index (χ0) is 10.1. The van der Waals surface area contributed by atoms with Gasteiger partial charge in [-0.15, -0.1) is 0 Å². The average molecular weight is 203 g/mol. The minimum Gasteiger partial charge on any atom is -0.497 e. The summed E-state index contributed by atoms with van der Waals surface area (Å²) in [5.41, 5.74) is 5.71. The van der Waals surface area contributed by atoms with E-state index in [9.17, 15) is 8.42 Å². The van der Waals surface area contributed by atoms with E-state index in [0.29, 0.717) is 12.2 Å². The van der Waals surface area contributed by atoms with Crippen molar-refractivity contribution in [2.45, 2.75) is 11.3 Å². The number of nitrogens with two attached hydrogens (primary N) is 1. The molecule has 0 saturated carbocycles. The number of hydrogen-bond donors (Lipinski definition) is 1. The van der Waals surface area contributed by atoms with Crippen LogP contribution in [-0.2, 0) is 14.6 Å². The Balaban J connectivity index is 3.10. The fourth-order valence-electron chi connectivity index (χ4n) is 1.09. The van der Waals surface area contributed by atoms with Crippen molar-refractivity contribution in [3.05, 3.63) is 24.0 Å². The van der Waals surface area contributed by atoms with E-state index in [2.05, 4.69) is 0 Å². The Morgan fingerprint density at radius 2 is 2.23 bits per heavy atom. The summed E-state index contributed by atoms with van der Waals surface area (Å²) < 4.78 is 27.5. The van der Waals surface area contributed by atoms with Crippen LogP contribution in [0.1, 0.15) is 6.42 Å². The van der Waals surface area contributed by atoms with Crippen LogP contribution in [0, 0.1) is 0 Å². The van der Waals surface area contributed by atoms with Crippen molar-refractivity contribution in [2.75, 3.05) is 13.4 Å². The third kappa shape index (κ3) is 1.92. The largest absolute Gasteiger partial charge is 0.497 e. The first-order valence-electron chi connectivity index (χ1n) is 3.81. The molecule has 0 amide bonds. The molecule has 0 aliphatic heterocycles. The molecule has 0 saturated heterocycles. The van der Waals surface area contributed by atoms with E-state index in [4.69, 9.17) is 10.5 Å². The summed E-state index contributed by atoms with van der Waals surface area (Å²) in [5, 5.41) is 0. The second-order valence-corrected chi connectivity index (χ2v) is 5.39. The Morgan fingerprint density at radius 3 is 2.69 bits per heavy atom. The number of sulfone groups is 1. The Kier molecular flexibility index (Phi) is 2.49. The van der Waals surface area contributed by atoms with Gasteiger partial charge in [-0.05, 0) is 12.2 Å². The first-order chi connectivity index (χ1) is 5.89. The number of rotatable bonds is 2. The first-order valence-corrected chi connectivity index (χ1v) is 5.70. The molecule has 1 atom stereocenters. The SMILES string of the molecule is COC1=CC(N)(S(C)(=O)=O)CC=C1. The summed E-state index contributed by atoms with van der Waals surface area (Å²) >= 11 is 0. The monoisotopic (exact) mass is 203 g/mol.